The van der Waals surface area contributed by atoms with Crippen molar-refractivity contribution in [3.05, 3.63) is 39.5 Å². The Balaban J connectivity index is 2.89. The van der Waals surface area contributed by atoms with Crippen LogP contribution in [-0.2, 0) is 6.42 Å². The van der Waals surface area contributed by atoms with Crippen LogP contribution in [0.25, 0.3) is 0 Å². The van der Waals surface area contributed by atoms with Crippen LogP contribution < -0.4 is 5.43 Å². The molecule has 0 spiro atoms. The van der Waals surface area contributed by atoms with Gasteiger partial charge in [-0.15, -0.1) is 0 Å². The summed E-state index contributed by atoms with van der Waals surface area (Å²) in [6.07, 6.45) is 5.32. The second kappa shape index (κ2) is 7.20. The van der Waals surface area contributed by atoms with Crippen LogP contribution in [0.5, 0.6) is 5.75 Å². The van der Waals surface area contributed by atoms with Gasteiger partial charge in [-0.1, -0.05) is 52.2 Å². The first-order valence-electron chi connectivity index (χ1n) is 6.92. The molecule has 2 nitrogen and oxygen atoms in total. The fourth-order valence-electron chi connectivity index (χ4n) is 2.01. The summed E-state index contributed by atoms with van der Waals surface area (Å²) in [4.78, 5) is 12.0. The smallest absolute Gasteiger partial charge is 0.223 e. The van der Waals surface area contributed by atoms with Gasteiger partial charge >= 0.3 is 0 Å². The first kappa shape index (κ1) is 14.7. The molecule has 2 heteroatoms. The zero-order chi connectivity index (χ0) is 13.5. The highest BCUT2D eigenvalue weighted by molar-refractivity contribution is 5.32. The van der Waals surface area contributed by atoms with Gasteiger partial charge in [-0.3, -0.25) is 4.79 Å². The van der Waals surface area contributed by atoms with Gasteiger partial charge in [0.15, 0.2) is 5.75 Å². The van der Waals surface area contributed by atoms with Gasteiger partial charge in [0.2, 0.25) is 5.43 Å². The molecule has 1 aromatic carbocycles. The number of hydrogen-bond acceptors (Lipinski definition) is 2. The van der Waals surface area contributed by atoms with E-state index in [1.807, 2.05) is 12.1 Å². The highest BCUT2D eigenvalue weighted by Crippen LogP contribution is 2.17. The molecule has 0 aromatic heterocycles. The molecule has 0 radical (unpaired) electrons. The van der Waals surface area contributed by atoms with Crippen molar-refractivity contribution in [3.63, 3.8) is 0 Å². The van der Waals surface area contributed by atoms with Gasteiger partial charge in [-0.25, -0.2) is 0 Å². The predicted octanol–water partition coefficient (Wildman–Crippen LogP) is 4.00. The van der Waals surface area contributed by atoms with Crippen molar-refractivity contribution in [3.8, 4) is 5.75 Å². The Kier molecular flexibility index (Phi) is 5.90. The summed E-state index contributed by atoms with van der Waals surface area (Å²) in [5, 5.41) is 9.78. The molecular formula is C16H24O2. The molecule has 1 aromatic rings. The zero-order valence-electron chi connectivity index (χ0n) is 11.7. The molecule has 18 heavy (non-hydrogen) atoms. The monoisotopic (exact) mass is 248 g/mol. The van der Waals surface area contributed by atoms with E-state index in [-0.39, 0.29) is 11.2 Å². The van der Waals surface area contributed by atoms with Gasteiger partial charge in [0, 0.05) is 5.56 Å². The molecule has 100 valence electrons. The summed E-state index contributed by atoms with van der Waals surface area (Å²) in [7, 11) is 0. The lowest BCUT2D eigenvalue weighted by atomic mass is 10.1. The van der Waals surface area contributed by atoms with Gasteiger partial charge in [-0.2, -0.15) is 0 Å². The highest BCUT2D eigenvalue weighted by Gasteiger charge is 2.06. The van der Waals surface area contributed by atoms with E-state index in [0.29, 0.717) is 5.92 Å². The van der Waals surface area contributed by atoms with E-state index in [2.05, 4.69) is 20.8 Å². The minimum absolute atomic E-state index is 0.116. The van der Waals surface area contributed by atoms with Gasteiger partial charge < -0.3 is 5.11 Å². The molecule has 0 amide bonds. The molecule has 0 aliphatic carbocycles. The van der Waals surface area contributed by atoms with E-state index in [0.717, 1.165) is 30.4 Å². The molecule has 1 rings (SSSR count). The number of aromatic hydroxyl groups is 1. The third-order valence-corrected chi connectivity index (χ3v) is 3.27. The van der Waals surface area contributed by atoms with Crippen molar-refractivity contribution in [2.75, 3.05) is 0 Å². The standard InChI is InChI=1S/C16H24O2/c1-4-5-6-7-8-13-9-10-14(12(2)3)11-15(17)16(13)18/h9-12H,4-8H2,1-3H3,(H,17,18). The van der Waals surface area contributed by atoms with Gasteiger partial charge in [0.1, 0.15) is 0 Å². The van der Waals surface area contributed by atoms with Gasteiger partial charge in [-0.05, 0) is 30.4 Å². The second-order valence-corrected chi connectivity index (χ2v) is 5.18. The Morgan fingerprint density at radius 2 is 1.89 bits per heavy atom. The fraction of sp³-hybridized carbons (Fsp3) is 0.562. The maximum absolute atomic E-state index is 12.0. The van der Waals surface area contributed by atoms with Crippen molar-refractivity contribution in [1.82, 2.24) is 0 Å². The Labute approximate surface area is 110 Å². The van der Waals surface area contributed by atoms with Crippen LogP contribution in [0.15, 0.2) is 23.0 Å². The van der Waals surface area contributed by atoms with Crippen molar-refractivity contribution in [2.24, 2.45) is 0 Å². The highest BCUT2D eigenvalue weighted by atomic mass is 16.3. The number of aryl methyl sites for hydroxylation is 1. The first-order chi connectivity index (χ1) is 8.56. The quantitative estimate of drug-likeness (QED) is 0.773. The van der Waals surface area contributed by atoms with E-state index in [1.54, 1.807) is 6.07 Å². The third-order valence-electron chi connectivity index (χ3n) is 3.27. The fourth-order valence-corrected chi connectivity index (χ4v) is 2.01. The first-order valence-corrected chi connectivity index (χ1v) is 6.92. The van der Waals surface area contributed by atoms with Crippen LogP contribution in [0, 0.1) is 0 Å². The average molecular weight is 248 g/mol. The van der Waals surface area contributed by atoms with E-state index < -0.39 is 0 Å². The van der Waals surface area contributed by atoms with Crippen molar-refractivity contribution in [2.45, 2.75) is 58.8 Å². The minimum Gasteiger partial charge on any atom is -0.504 e. The van der Waals surface area contributed by atoms with E-state index in [9.17, 15) is 9.90 Å². The Morgan fingerprint density at radius 3 is 2.50 bits per heavy atom. The van der Waals surface area contributed by atoms with E-state index in [4.69, 9.17) is 0 Å². The molecule has 0 saturated heterocycles. The van der Waals surface area contributed by atoms with Crippen molar-refractivity contribution < 1.29 is 5.11 Å². The Bertz CT molecular complexity index is 436. The summed E-state index contributed by atoms with van der Waals surface area (Å²) >= 11 is 0. The van der Waals surface area contributed by atoms with Gasteiger partial charge in [0.25, 0.3) is 0 Å². The molecule has 0 saturated carbocycles. The lowest BCUT2D eigenvalue weighted by Crippen LogP contribution is -2.04. The van der Waals surface area contributed by atoms with E-state index in [1.165, 1.54) is 12.8 Å². The Morgan fingerprint density at radius 1 is 1.17 bits per heavy atom. The lowest BCUT2D eigenvalue weighted by molar-refractivity contribution is 0.469. The zero-order valence-corrected chi connectivity index (χ0v) is 11.7. The lowest BCUT2D eigenvalue weighted by Gasteiger charge is -2.00. The maximum Gasteiger partial charge on any atom is 0.223 e. The molecular weight excluding hydrogens is 224 g/mol. The summed E-state index contributed by atoms with van der Waals surface area (Å²) in [5.74, 6) is 0.199. The third kappa shape index (κ3) is 4.17. The van der Waals surface area contributed by atoms with Crippen LogP contribution in [0.2, 0.25) is 0 Å². The van der Waals surface area contributed by atoms with Crippen LogP contribution >= 0.6 is 0 Å². The molecule has 0 aliphatic heterocycles. The van der Waals surface area contributed by atoms with Crippen molar-refractivity contribution >= 4 is 0 Å². The summed E-state index contributed by atoms with van der Waals surface area (Å²) in [6.45, 7) is 6.28. The number of unbranched alkanes of at least 4 members (excludes halogenated alkanes) is 3. The molecule has 0 heterocycles. The summed E-state index contributed by atoms with van der Waals surface area (Å²) in [6, 6.07) is 5.44. The summed E-state index contributed by atoms with van der Waals surface area (Å²) in [5.41, 5.74) is 1.53. The second-order valence-electron chi connectivity index (χ2n) is 5.18. The van der Waals surface area contributed by atoms with Crippen LogP contribution in [-0.4, -0.2) is 5.11 Å². The van der Waals surface area contributed by atoms with Crippen LogP contribution in [0.3, 0.4) is 0 Å². The largest absolute Gasteiger partial charge is 0.504 e. The maximum atomic E-state index is 12.0. The normalized spacial score (nSPS) is 10.9. The van der Waals surface area contributed by atoms with E-state index >= 15 is 0 Å². The summed E-state index contributed by atoms with van der Waals surface area (Å²) < 4.78 is 0. The SMILES string of the molecule is CCCCCCc1ccc(C(C)C)cc(O)c1=O. The molecule has 1 N–H and O–H groups in total. The average Bonchev–Trinajstić information content (AvgIpc) is 2.47. The molecule has 0 atom stereocenters. The van der Waals surface area contributed by atoms with Gasteiger partial charge in [0.05, 0.1) is 0 Å². The predicted molar refractivity (Wildman–Crippen MR) is 76.3 cm³/mol. The molecule has 0 bridgehead atoms. The van der Waals surface area contributed by atoms with Crippen molar-refractivity contribution in [1.29, 1.82) is 0 Å². The van der Waals surface area contributed by atoms with Crippen LogP contribution in [0.1, 0.15) is 63.5 Å². The molecule has 0 aliphatic rings. The number of rotatable bonds is 6. The van der Waals surface area contributed by atoms with Crippen LogP contribution in [0.4, 0.5) is 0 Å². The Hall–Kier alpha value is -1.31. The topological polar surface area (TPSA) is 37.3 Å². The number of hydrogen-bond donors (Lipinski definition) is 1. The minimum atomic E-state index is -0.210. The molecule has 0 unspecified atom stereocenters. The molecule has 0 fully saturated rings.